The van der Waals surface area contributed by atoms with Crippen LogP contribution in [-0.4, -0.2) is 27.3 Å². The zero-order valence-corrected chi connectivity index (χ0v) is 9.45. The van der Waals surface area contributed by atoms with Crippen LogP contribution in [0.1, 0.15) is 0 Å². The monoisotopic (exact) mass is 264 g/mol. The molecule has 0 radical (unpaired) electrons. The minimum atomic E-state index is -4.65. The average Bonchev–Trinajstić information content (AvgIpc) is 2.27. The van der Waals surface area contributed by atoms with Crippen molar-refractivity contribution >= 4 is 21.6 Å². The molecule has 0 bridgehead atoms. The quantitative estimate of drug-likeness (QED) is 0.794. The van der Waals surface area contributed by atoms with Gasteiger partial charge in [0.15, 0.2) is 0 Å². The number of carbonyl (C=O) groups excluding carboxylic acids is 1. The third-order valence-corrected chi connectivity index (χ3v) is 3.46. The van der Waals surface area contributed by atoms with Crippen molar-refractivity contribution in [1.82, 2.24) is 0 Å². The summed E-state index contributed by atoms with van der Waals surface area (Å²) < 4.78 is 46.5. The van der Waals surface area contributed by atoms with Crippen LogP contribution in [0.4, 0.5) is 19.3 Å². The number of benzene rings is 1. The summed E-state index contributed by atoms with van der Waals surface area (Å²) in [6.45, 7) is 0. The first-order valence-electron chi connectivity index (χ1n) is 4.33. The number of halogens is 2. The Balaban J connectivity index is 3.09. The predicted octanol–water partition coefficient (Wildman–Crippen LogP) is 0.462. The maximum atomic E-state index is 12.2. The second-order valence-corrected chi connectivity index (χ2v) is 5.04. The lowest BCUT2D eigenvalue weighted by atomic mass is 10.3. The van der Waals surface area contributed by atoms with E-state index in [2.05, 4.69) is 0 Å². The van der Waals surface area contributed by atoms with Gasteiger partial charge in [0.25, 0.3) is 0 Å². The summed E-state index contributed by atoms with van der Waals surface area (Å²) in [5.41, 5.74) is 0.123. The Morgan fingerprint density at radius 2 is 1.76 bits per heavy atom. The van der Waals surface area contributed by atoms with Crippen molar-refractivity contribution in [1.29, 1.82) is 0 Å². The Labute approximate surface area is 96.2 Å². The lowest BCUT2D eigenvalue weighted by Gasteiger charge is -2.19. The van der Waals surface area contributed by atoms with Gasteiger partial charge in [-0.3, -0.25) is 0 Å². The minimum Gasteiger partial charge on any atom is -0.530 e. The van der Waals surface area contributed by atoms with Gasteiger partial charge in [-0.15, -0.1) is 0 Å². The Kier molecular flexibility index (Phi) is 3.66. The van der Waals surface area contributed by atoms with Gasteiger partial charge in [0.2, 0.25) is 9.84 Å². The van der Waals surface area contributed by atoms with Crippen molar-refractivity contribution < 1.29 is 27.1 Å². The fourth-order valence-electron chi connectivity index (χ4n) is 1.07. The minimum absolute atomic E-state index is 0.123. The van der Waals surface area contributed by atoms with Gasteiger partial charge in [-0.05, 0) is 24.3 Å². The Morgan fingerprint density at radius 3 is 2.12 bits per heavy atom. The van der Waals surface area contributed by atoms with E-state index in [9.17, 15) is 27.1 Å². The molecule has 1 amide bonds. The number of carboxylic acid groups (broad SMARTS) is 1. The van der Waals surface area contributed by atoms with Crippen LogP contribution >= 0.6 is 0 Å². The number of amides is 1. The molecule has 1 aromatic rings. The fourth-order valence-corrected chi connectivity index (χ4v) is 1.79. The third-order valence-electron chi connectivity index (χ3n) is 2.06. The van der Waals surface area contributed by atoms with Crippen LogP contribution in [0.5, 0.6) is 0 Å². The third kappa shape index (κ3) is 2.70. The van der Waals surface area contributed by atoms with E-state index in [-0.39, 0.29) is 5.69 Å². The fraction of sp³-hybridized carbons (Fsp3) is 0.222. The molecule has 0 spiro atoms. The van der Waals surface area contributed by atoms with Gasteiger partial charge in [0.1, 0.15) is 6.09 Å². The molecular formula is C9H8F2NO4S-. The summed E-state index contributed by atoms with van der Waals surface area (Å²) in [4.78, 5) is 10.6. The molecule has 0 saturated carbocycles. The number of anilines is 1. The molecule has 0 aliphatic heterocycles. The number of carbonyl (C=O) groups is 1. The number of alkyl halides is 2. The predicted molar refractivity (Wildman–Crippen MR) is 53.4 cm³/mol. The molecule has 1 aromatic carbocycles. The topological polar surface area (TPSA) is 77.5 Å². The van der Waals surface area contributed by atoms with Crippen molar-refractivity contribution in [3.8, 4) is 0 Å². The van der Waals surface area contributed by atoms with Gasteiger partial charge in [0.05, 0.1) is 4.90 Å². The maximum absolute atomic E-state index is 12.2. The van der Waals surface area contributed by atoms with E-state index in [0.717, 1.165) is 29.2 Å². The molecule has 0 fully saturated rings. The van der Waals surface area contributed by atoms with E-state index >= 15 is 0 Å². The highest BCUT2D eigenvalue weighted by Gasteiger charge is 2.26. The highest BCUT2D eigenvalue weighted by molar-refractivity contribution is 7.91. The van der Waals surface area contributed by atoms with Crippen molar-refractivity contribution in [3.63, 3.8) is 0 Å². The zero-order valence-electron chi connectivity index (χ0n) is 8.63. The van der Waals surface area contributed by atoms with Gasteiger partial charge >= 0.3 is 5.76 Å². The van der Waals surface area contributed by atoms with E-state index in [1.807, 2.05) is 0 Å². The standard InChI is InChI=1S/C9H9F2NO4S/c1-12(9(13)14)6-2-4-7(5-3-6)17(15,16)8(10)11/h2-5,8H,1H3,(H,13,14)/p-1. The van der Waals surface area contributed by atoms with Crippen LogP contribution in [0, 0.1) is 0 Å². The number of nitrogens with zero attached hydrogens (tertiary/aromatic N) is 1. The van der Waals surface area contributed by atoms with E-state index < -0.39 is 26.6 Å². The van der Waals surface area contributed by atoms with E-state index in [4.69, 9.17) is 0 Å². The first-order valence-corrected chi connectivity index (χ1v) is 5.88. The number of hydrogen-bond acceptors (Lipinski definition) is 4. The van der Waals surface area contributed by atoms with E-state index in [0.29, 0.717) is 0 Å². The second-order valence-electron chi connectivity index (χ2n) is 3.12. The van der Waals surface area contributed by atoms with E-state index in [1.165, 1.54) is 7.05 Å². The summed E-state index contributed by atoms with van der Waals surface area (Å²) in [7, 11) is -3.47. The molecule has 1 rings (SSSR count). The summed E-state index contributed by atoms with van der Waals surface area (Å²) >= 11 is 0. The Morgan fingerprint density at radius 1 is 1.29 bits per heavy atom. The first-order chi connectivity index (χ1) is 7.76. The number of hydrogen-bond donors (Lipinski definition) is 0. The van der Waals surface area contributed by atoms with E-state index in [1.54, 1.807) is 0 Å². The van der Waals surface area contributed by atoms with Crippen LogP contribution in [0.3, 0.4) is 0 Å². The van der Waals surface area contributed by atoms with Gasteiger partial charge in [0, 0.05) is 12.7 Å². The van der Waals surface area contributed by atoms with Crippen molar-refractivity contribution in [2.75, 3.05) is 11.9 Å². The normalized spacial score (nSPS) is 11.5. The molecule has 8 heteroatoms. The summed E-state index contributed by atoms with van der Waals surface area (Å²) in [5, 5.41) is 10.5. The largest absolute Gasteiger partial charge is 0.530 e. The highest BCUT2D eigenvalue weighted by Crippen LogP contribution is 2.21. The molecule has 5 nitrogen and oxygen atoms in total. The molecule has 0 unspecified atom stereocenters. The molecule has 17 heavy (non-hydrogen) atoms. The van der Waals surface area contributed by atoms with Crippen LogP contribution < -0.4 is 10.0 Å². The molecule has 0 aromatic heterocycles. The molecule has 94 valence electrons. The van der Waals surface area contributed by atoms with Crippen LogP contribution in [0.2, 0.25) is 0 Å². The van der Waals surface area contributed by atoms with Crippen molar-refractivity contribution in [2.45, 2.75) is 10.7 Å². The van der Waals surface area contributed by atoms with Crippen LogP contribution in [0.15, 0.2) is 29.2 Å². The molecular weight excluding hydrogens is 256 g/mol. The Hall–Kier alpha value is -1.70. The van der Waals surface area contributed by atoms with Crippen LogP contribution in [0.25, 0.3) is 0 Å². The summed E-state index contributed by atoms with van der Waals surface area (Å²) in [6, 6.07) is 4.03. The molecule has 0 aliphatic rings. The smallest absolute Gasteiger partial charge is 0.341 e. The number of rotatable bonds is 3. The van der Waals surface area contributed by atoms with Crippen LogP contribution in [-0.2, 0) is 9.84 Å². The van der Waals surface area contributed by atoms with Gasteiger partial charge in [-0.2, -0.15) is 8.78 Å². The molecule has 0 aliphatic carbocycles. The maximum Gasteiger partial charge on any atom is 0.341 e. The van der Waals surface area contributed by atoms with Gasteiger partial charge < -0.3 is 14.8 Å². The second kappa shape index (κ2) is 4.66. The van der Waals surface area contributed by atoms with Crippen molar-refractivity contribution in [2.24, 2.45) is 0 Å². The molecule has 0 saturated heterocycles. The first kappa shape index (κ1) is 13.4. The van der Waals surface area contributed by atoms with Gasteiger partial charge in [-0.1, -0.05) is 0 Å². The molecule has 0 atom stereocenters. The summed E-state index contributed by atoms with van der Waals surface area (Å²) in [5.74, 6) is -3.51. The number of sulfone groups is 1. The Bertz CT molecular complexity index is 512. The highest BCUT2D eigenvalue weighted by atomic mass is 32.2. The van der Waals surface area contributed by atoms with Crippen molar-refractivity contribution in [3.05, 3.63) is 24.3 Å². The SMILES string of the molecule is CN(C(=O)[O-])c1ccc(S(=O)(=O)C(F)F)cc1. The lowest BCUT2D eigenvalue weighted by Crippen LogP contribution is -2.38. The molecule has 0 heterocycles. The average molecular weight is 264 g/mol. The molecule has 0 N–H and O–H groups in total. The van der Waals surface area contributed by atoms with Gasteiger partial charge in [-0.25, -0.2) is 8.42 Å². The summed E-state index contributed by atoms with van der Waals surface area (Å²) in [6.07, 6.45) is -1.49. The zero-order chi connectivity index (χ0) is 13.2. The lowest BCUT2D eigenvalue weighted by molar-refractivity contribution is -0.246.